The largest absolute Gasteiger partial charge is 0.383 e. The van der Waals surface area contributed by atoms with E-state index >= 15 is 0 Å². The van der Waals surface area contributed by atoms with E-state index in [4.69, 9.17) is 5.73 Å². The summed E-state index contributed by atoms with van der Waals surface area (Å²) in [7, 11) is 0. The van der Waals surface area contributed by atoms with Crippen LogP contribution in [0.15, 0.2) is 30.3 Å². The lowest BCUT2D eigenvalue weighted by molar-refractivity contribution is 0.457. The van der Waals surface area contributed by atoms with Crippen molar-refractivity contribution < 1.29 is 0 Å². The van der Waals surface area contributed by atoms with Gasteiger partial charge in [0.15, 0.2) is 0 Å². The molecule has 0 aromatic heterocycles. The van der Waals surface area contributed by atoms with Crippen LogP contribution in [0.3, 0.4) is 0 Å². The van der Waals surface area contributed by atoms with Crippen LogP contribution in [0.4, 0.5) is 5.69 Å². The van der Waals surface area contributed by atoms with Crippen molar-refractivity contribution in [2.24, 2.45) is 11.7 Å². The van der Waals surface area contributed by atoms with Gasteiger partial charge < -0.3 is 11.1 Å². The third-order valence-corrected chi connectivity index (χ3v) is 2.69. The summed E-state index contributed by atoms with van der Waals surface area (Å²) in [6.07, 6.45) is 1.14. The molecule has 3 N–H and O–H groups in total. The van der Waals surface area contributed by atoms with Crippen LogP contribution in [0.2, 0.25) is 0 Å². The Morgan fingerprint density at radius 3 is 2.50 bits per heavy atom. The Hall–Kier alpha value is -1.02. The van der Waals surface area contributed by atoms with Gasteiger partial charge in [-0.1, -0.05) is 38.5 Å². The van der Waals surface area contributed by atoms with Crippen LogP contribution in [0, 0.1) is 5.92 Å². The van der Waals surface area contributed by atoms with E-state index in [2.05, 4.69) is 31.3 Å². The second-order valence-electron chi connectivity index (χ2n) is 3.80. The molecule has 0 unspecified atom stereocenters. The van der Waals surface area contributed by atoms with Crippen LogP contribution in [0.25, 0.3) is 0 Å². The molecule has 0 heterocycles. The number of nitrogens with two attached hydrogens (primary N) is 1. The minimum absolute atomic E-state index is 0.236. The summed E-state index contributed by atoms with van der Waals surface area (Å²) in [6.45, 7) is 5.21. The third kappa shape index (κ3) is 3.38. The number of anilines is 1. The van der Waals surface area contributed by atoms with Crippen LogP contribution < -0.4 is 11.1 Å². The van der Waals surface area contributed by atoms with Crippen LogP contribution in [0.1, 0.15) is 20.3 Å². The molecule has 0 bridgehead atoms. The molecule has 1 aromatic carbocycles. The predicted molar refractivity (Wildman–Crippen MR) is 62.4 cm³/mol. The van der Waals surface area contributed by atoms with E-state index < -0.39 is 0 Å². The van der Waals surface area contributed by atoms with Crippen molar-refractivity contribution in [3.8, 4) is 0 Å². The van der Waals surface area contributed by atoms with Gasteiger partial charge in [-0.15, -0.1) is 0 Å². The summed E-state index contributed by atoms with van der Waals surface area (Å²) in [5.41, 5.74) is 7.16. The van der Waals surface area contributed by atoms with Gasteiger partial charge in [0.25, 0.3) is 0 Å². The van der Waals surface area contributed by atoms with E-state index in [1.807, 2.05) is 18.2 Å². The molecule has 0 spiro atoms. The molecule has 0 aliphatic heterocycles. The molecule has 0 aliphatic carbocycles. The van der Waals surface area contributed by atoms with Crippen LogP contribution in [0.5, 0.6) is 0 Å². The maximum Gasteiger partial charge on any atom is 0.0340 e. The molecular formula is C12H20N2. The van der Waals surface area contributed by atoms with Crippen LogP contribution in [-0.4, -0.2) is 12.6 Å². The van der Waals surface area contributed by atoms with Crippen molar-refractivity contribution in [2.45, 2.75) is 26.3 Å². The highest BCUT2D eigenvalue weighted by Gasteiger charge is 2.09. The first kappa shape index (κ1) is 11.1. The first-order valence-corrected chi connectivity index (χ1v) is 5.28. The Balaban J connectivity index is 2.34. The van der Waals surface area contributed by atoms with Crippen molar-refractivity contribution >= 4 is 5.69 Å². The minimum atomic E-state index is 0.236. The van der Waals surface area contributed by atoms with E-state index in [0.717, 1.165) is 18.7 Å². The first-order valence-electron chi connectivity index (χ1n) is 5.28. The molecule has 0 amide bonds. The predicted octanol–water partition coefficient (Wildman–Crippen LogP) is 2.47. The Kier molecular flexibility index (Phi) is 4.47. The summed E-state index contributed by atoms with van der Waals surface area (Å²) < 4.78 is 0. The van der Waals surface area contributed by atoms with E-state index in [9.17, 15) is 0 Å². The average Bonchev–Trinajstić information content (AvgIpc) is 2.26. The number of hydrogen-bond donors (Lipinski definition) is 2. The smallest absolute Gasteiger partial charge is 0.0340 e. The van der Waals surface area contributed by atoms with Gasteiger partial charge >= 0.3 is 0 Å². The van der Waals surface area contributed by atoms with Gasteiger partial charge in [-0.3, -0.25) is 0 Å². The fraction of sp³-hybridized carbons (Fsp3) is 0.500. The van der Waals surface area contributed by atoms with E-state index in [-0.39, 0.29) is 6.04 Å². The van der Waals surface area contributed by atoms with Crippen molar-refractivity contribution in [3.63, 3.8) is 0 Å². The topological polar surface area (TPSA) is 38.0 Å². The number of nitrogens with one attached hydrogen (secondary N) is 1. The fourth-order valence-electron chi connectivity index (χ4n) is 1.30. The SMILES string of the molecule is CC[C@H](C)[C@H](N)CNc1ccccc1. The fourth-order valence-corrected chi connectivity index (χ4v) is 1.30. The van der Waals surface area contributed by atoms with E-state index in [1.165, 1.54) is 0 Å². The highest BCUT2D eigenvalue weighted by atomic mass is 14.9. The number of para-hydroxylation sites is 1. The van der Waals surface area contributed by atoms with Crippen LogP contribution in [-0.2, 0) is 0 Å². The molecule has 1 rings (SSSR count). The molecular weight excluding hydrogens is 172 g/mol. The normalized spacial score (nSPS) is 14.8. The standard InChI is InChI=1S/C12H20N2/c1-3-10(2)12(13)9-14-11-7-5-4-6-8-11/h4-8,10,12,14H,3,9,13H2,1-2H3/t10-,12+/m0/s1. The number of hydrogen-bond acceptors (Lipinski definition) is 2. The lowest BCUT2D eigenvalue weighted by atomic mass is 10.0. The van der Waals surface area contributed by atoms with Crippen molar-refractivity contribution in [2.75, 3.05) is 11.9 Å². The molecule has 1 aromatic rings. The summed E-state index contributed by atoms with van der Waals surface area (Å²) in [5, 5.41) is 3.33. The molecule has 78 valence electrons. The average molecular weight is 192 g/mol. The number of benzene rings is 1. The van der Waals surface area contributed by atoms with Crippen LogP contribution >= 0.6 is 0 Å². The minimum Gasteiger partial charge on any atom is -0.383 e. The molecule has 14 heavy (non-hydrogen) atoms. The summed E-state index contributed by atoms with van der Waals surface area (Å²) in [4.78, 5) is 0. The Morgan fingerprint density at radius 1 is 1.29 bits per heavy atom. The highest BCUT2D eigenvalue weighted by molar-refractivity contribution is 5.42. The van der Waals surface area contributed by atoms with Crippen molar-refractivity contribution in [3.05, 3.63) is 30.3 Å². The second-order valence-corrected chi connectivity index (χ2v) is 3.80. The van der Waals surface area contributed by atoms with Crippen molar-refractivity contribution in [1.82, 2.24) is 0 Å². The molecule has 0 saturated heterocycles. The zero-order valence-electron chi connectivity index (χ0n) is 9.03. The van der Waals surface area contributed by atoms with Gasteiger partial charge in [0.05, 0.1) is 0 Å². The van der Waals surface area contributed by atoms with Gasteiger partial charge in [-0.05, 0) is 18.1 Å². The Morgan fingerprint density at radius 2 is 1.93 bits per heavy atom. The summed E-state index contributed by atoms with van der Waals surface area (Å²) >= 11 is 0. The highest BCUT2D eigenvalue weighted by Crippen LogP contribution is 2.08. The molecule has 2 atom stereocenters. The second kappa shape index (κ2) is 5.66. The number of rotatable bonds is 5. The zero-order valence-corrected chi connectivity index (χ0v) is 9.03. The molecule has 0 aliphatic rings. The maximum absolute atomic E-state index is 6.01. The Bertz CT molecular complexity index is 246. The van der Waals surface area contributed by atoms with Gasteiger partial charge in [0, 0.05) is 18.3 Å². The van der Waals surface area contributed by atoms with Gasteiger partial charge in [0.1, 0.15) is 0 Å². The lowest BCUT2D eigenvalue weighted by Gasteiger charge is -2.19. The molecule has 2 nitrogen and oxygen atoms in total. The van der Waals surface area contributed by atoms with Gasteiger partial charge in [-0.25, -0.2) is 0 Å². The third-order valence-electron chi connectivity index (χ3n) is 2.69. The zero-order chi connectivity index (χ0) is 10.4. The maximum atomic E-state index is 6.01. The molecule has 2 heteroatoms. The van der Waals surface area contributed by atoms with E-state index in [0.29, 0.717) is 5.92 Å². The van der Waals surface area contributed by atoms with E-state index in [1.54, 1.807) is 0 Å². The van der Waals surface area contributed by atoms with Gasteiger partial charge in [-0.2, -0.15) is 0 Å². The van der Waals surface area contributed by atoms with Gasteiger partial charge in [0.2, 0.25) is 0 Å². The quantitative estimate of drug-likeness (QED) is 0.752. The summed E-state index contributed by atoms with van der Waals surface area (Å²) in [5.74, 6) is 0.575. The first-order chi connectivity index (χ1) is 6.74. The Labute approximate surface area is 86.5 Å². The lowest BCUT2D eigenvalue weighted by Crippen LogP contribution is -2.35. The molecule has 0 fully saturated rings. The molecule has 0 radical (unpaired) electrons. The van der Waals surface area contributed by atoms with Crippen molar-refractivity contribution in [1.29, 1.82) is 0 Å². The molecule has 0 saturated carbocycles. The monoisotopic (exact) mass is 192 g/mol. The summed E-state index contributed by atoms with van der Waals surface area (Å²) in [6, 6.07) is 10.4.